The Morgan fingerprint density at radius 3 is 2.29 bits per heavy atom. The van der Waals surface area contributed by atoms with Gasteiger partial charge < -0.3 is 13.9 Å². The second kappa shape index (κ2) is 8.54. The molecule has 136 valence electrons. The number of hydrogen-bond acceptors (Lipinski definition) is 3. The SMILES string of the molecule is COc1cc(/C=C/C[C@@H](C)O[Si](C)(C)C(C)(C)C)c(Br)c(OC)c1. The van der Waals surface area contributed by atoms with Crippen molar-refractivity contribution >= 4 is 30.3 Å². The van der Waals surface area contributed by atoms with Gasteiger partial charge in [0.05, 0.1) is 18.7 Å². The molecule has 0 spiro atoms. The number of benzene rings is 1. The van der Waals surface area contributed by atoms with E-state index in [1.165, 1.54) is 0 Å². The molecule has 0 N–H and O–H groups in total. The summed E-state index contributed by atoms with van der Waals surface area (Å²) in [6.07, 6.45) is 5.31. The Balaban J connectivity index is 2.81. The molecular formula is C19H31BrO3Si. The Morgan fingerprint density at radius 1 is 1.17 bits per heavy atom. The van der Waals surface area contributed by atoms with Crippen LogP contribution in [0.4, 0.5) is 0 Å². The van der Waals surface area contributed by atoms with Gasteiger partial charge in [0.25, 0.3) is 0 Å². The highest BCUT2D eigenvalue weighted by Crippen LogP contribution is 2.38. The normalized spacial score (nSPS) is 14.0. The van der Waals surface area contributed by atoms with E-state index in [4.69, 9.17) is 13.9 Å². The van der Waals surface area contributed by atoms with Crippen molar-refractivity contribution in [1.29, 1.82) is 0 Å². The van der Waals surface area contributed by atoms with Crippen LogP contribution >= 0.6 is 15.9 Å². The van der Waals surface area contributed by atoms with E-state index in [9.17, 15) is 0 Å². The molecule has 1 rings (SSSR count). The van der Waals surface area contributed by atoms with Gasteiger partial charge in [0, 0.05) is 12.2 Å². The van der Waals surface area contributed by atoms with E-state index in [-0.39, 0.29) is 11.1 Å². The molecule has 0 aliphatic carbocycles. The van der Waals surface area contributed by atoms with Crippen LogP contribution in [0.2, 0.25) is 18.1 Å². The monoisotopic (exact) mass is 414 g/mol. The molecule has 0 radical (unpaired) electrons. The van der Waals surface area contributed by atoms with Crippen LogP contribution in [0.25, 0.3) is 6.08 Å². The zero-order valence-electron chi connectivity index (χ0n) is 16.2. The summed E-state index contributed by atoms with van der Waals surface area (Å²) in [4.78, 5) is 0. The molecule has 24 heavy (non-hydrogen) atoms. The van der Waals surface area contributed by atoms with Gasteiger partial charge in [-0.2, -0.15) is 0 Å². The zero-order valence-corrected chi connectivity index (χ0v) is 18.8. The Hall–Kier alpha value is -0.783. The average molecular weight is 415 g/mol. The van der Waals surface area contributed by atoms with Gasteiger partial charge in [-0.3, -0.25) is 0 Å². The van der Waals surface area contributed by atoms with Crippen molar-refractivity contribution in [3.8, 4) is 11.5 Å². The van der Waals surface area contributed by atoms with Crippen molar-refractivity contribution in [1.82, 2.24) is 0 Å². The number of rotatable bonds is 7. The molecule has 0 fully saturated rings. The highest BCUT2D eigenvalue weighted by Gasteiger charge is 2.38. The maximum Gasteiger partial charge on any atom is 0.192 e. The van der Waals surface area contributed by atoms with Crippen molar-refractivity contribution < 1.29 is 13.9 Å². The molecule has 0 saturated heterocycles. The standard InChI is InChI=1S/C19H31BrO3Si/c1-14(23-24(7,8)19(2,3)4)10-9-11-15-12-16(21-5)13-17(22-6)18(15)20/h9,11-14H,10H2,1-8H3/b11-9+/t14-/m1/s1. The Labute approximate surface area is 156 Å². The first-order chi connectivity index (χ1) is 11.0. The highest BCUT2D eigenvalue weighted by atomic mass is 79.9. The average Bonchev–Trinajstić information content (AvgIpc) is 2.47. The minimum atomic E-state index is -1.72. The summed E-state index contributed by atoms with van der Waals surface area (Å²) in [5.74, 6) is 1.54. The molecule has 0 heterocycles. The summed E-state index contributed by atoms with van der Waals surface area (Å²) in [7, 11) is 1.59. The van der Waals surface area contributed by atoms with Crippen LogP contribution in [-0.4, -0.2) is 28.6 Å². The minimum absolute atomic E-state index is 0.202. The maximum atomic E-state index is 6.39. The summed E-state index contributed by atoms with van der Waals surface area (Å²) in [5.41, 5.74) is 1.03. The molecule has 0 aliphatic rings. The van der Waals surface area contributed by atoms with Crippen molar-refractivity contribution in [3.63, 3.8) is 0 Å². The lowest BCUT2D eigenvalue weighted by atomic mass is 10.1. The van der Waals surface area contributed by atoms with Gasteiger partial charge in [-0.25, -0.2) is 0 Å². The van der Waals surface area contributed by atoms with E-state index >= 15 is 0 Å². The van der Waals surface area contributed by atoms with E-state index in [1.54, 1.807) is 14.2 Å². The van der Waals surface area contributed by atoms with Crippen LogP contribution in [0.1, 0.15) is 39.7 Å². The van der Waals surface area contributed by atoms with E-state index in [0.29, 0.717) is 0 Å². The Kier molecular flexibility index (Phi) is 7.57. The third-order valence-corrected chi connectivity index (χ3v) is 10.0. The number of ether oxygens (including phenoxy) is 2. The first kappa shape index (κ1) is 21.3. The lowest BCUT2D eigenvalue weighted by molar-refractivity contribution is 0.202. The van der Waals surface area contributed by atoms with Crippen molar-refractivity contribution in [2.45, 2.75) is 58.4 Å². The van der Waals surface area contributed by atoms with E-state index < -0.39 is 8.32 Å². The van der Waals surface area contributed by atoms with Gasteiger partial charge in [0.2, 0.25) is 0 Å². The van der Waals surface area contributed by atoms with E-state index in [2.05, 4.69) is 68.9 Å². The van der Waals surface area contributed by atoms with Gasteiger partial charge in [-0.05, 0) is 59.0 Å². The molecule has 0 aliphatic heterocycles. The number of hydrogen-bond donors (Lipinski definition) is 0. The Bertz CT molecular complexity index is 577. The molecule has 0 bridgehead atoms. The highest BCUT2D eigenvalue weighted by molar-refractivity contribution is 9.10. The van der Waals surface area contributed by atoms with Gasteiger partial charge in [-0.1, -0.05) is 32.9 Å². The molecule has 1 aromatic rings. The third-order valence-electron chi connectivity index (χ3n) is 4.56. The largest absolute Gasteiger partial charge is 0.497 e. The van der Waals surface area contributed by atoms with Crippen LogP contribution in [0.3, 0.4) is 0 Å². The summed E-state index contributed by atoms with van der Waals surface area (Å²) >= 11 is 3.59. The summed E-state index contributed by atoms with van der Waals surface area (Å²) in [6, 6.07) is 3.85. The summed E-state index contributed by atoms with van der Waals surface area (Å²) in [6.45, 7) is 13.5. The van der Waals surface area contributed by atoms with Crippen LogP contribution in [0.5, 0.6) is 11.5 Å². The van der Waals surface area contributed by atoms with Gasteiger partial charge in [-0.15, -0.1) is 0 Å². The molecule has 0 aromatic heterocycles. The van der Waals surface area contributed by atoms with Gasteiger partial charge in [0.1, 0.15) is 11.5 Å². The first-order valence-corrected chi connectivity index (χ1v) is 12.0. The fraction of sp³-hybridized carbons (Fsp3) is 0.579. The summed E-state index contributed by atoms with van der Waals surface area (Å²) in [5, 5.41) is 0.230. The van der Waals surface area contributed by atoms with Crippen molar-refractivity contribution in [2.24, 2.45) is 0 Å². The molecule has 1 aromatic carbocycles. The van der Waals surface area contributed by atoms with Crippen LogP contribution < -0.4 is 9.47 Å². The topological polar surface area (TPSA) is 27.7 Å². The molecular weight excluding hydrogens is 384 g/mol. The molecule has 3 nitrogen and oxygen atoms in total. The van der Waals surface area contributed by atoms with Crippen LogP contribution in [0.15, 0.2) is 22.7 Å². The molecule has 0 unspecified atom stereocenters. The molecule has 0 saturated carbocycles. The van der Waals surface area contributed by atoms with Crippen LogP contribution in [0, 0.1) is 0 Å². The second-order valence-electron chi connectivity index (χ2n) is 7.56. The predicted molar refractivity (Wildman–Crippen MR) is 109 cm³/mol. The number of halogens is 1. The fourth-order valence-corrected chi connectivity index (χ4v) is 4.07. The van der Waals surface area contributed by atoms with Crippen molar-refractivity contribution in [2.75, 3.05) is 14.2 Å². The lowest BCUT2D eigenvalue weighted by Gasteiger charge is -2.38. The first-order valence-electron chi connectivity index (χ1n) is 8.27. The molecule has 0 amide bonds. The van der Waals surface area contributed by atoms with E-state index in [1.807, 2.05) is 12.1 Å². The van der Waals surface area contributed by atoms with E-state index in [0.717, 1.165) is 28.0 Å². The second-order valence-corrected chi connectivity index (χ2v) is 13.1. The van der Waals surface area contributed by atoms with Crippen LogP contribution in [-0.2, 0) is 4.43 Å². The molecule has 5 heteroatoms. The van der Waals surface area contributed by atoms with Gasteiger partial charge in [0.15, 0.2) is 8.32 Å². The number of methoxy groups -OCH3 is 2. The Morgan fingerprint density at radius 2 is 1.79 bits per heavy atom. The smallest absolute Gasteiger partial charge is 0.192 e. The summed E-state index contributed by atoms with van der Waals surface area (Å²) < 4.78 is 18.0. The maximum absolute atomic E-state index is 6.39. The zero-order chi connectivity index (χ0) is 18.5. The third kappa shape index (κ3) is 5.64. The van der Waals surface area contributed by atoms with Gasteiger partial charge >= 0.3 is 0 Å². The predicted octanol–water partition coefficient (Wildman–Crippen LogP) is 6.28. The quantitative estimate of drug-likeness (QED) is 0.491. The molecule has 1 atom stereocenters. The minimum Gasteiger partial charge on any atom is -0.497 e. The fourth-order valence-electron chi connectivity index (χ4n) is 2.10. The lowest BCUT2D eigenvalue weighted by Crippen LogP contribution is -2.43. The van der Waals surface area contributed by atoms with Crippen molar-refractivity contribution in [3.05, 3.63) is 28.2 Å².